The van der Waals surface area contributed by atoms with E-state index in [-0.39, 0.29) is 18.0 Å². The Balaban J connectivity index is 1.32. The van der Waals surface area contributed by atoms with Crippen molar-refractivity contribution in [1.29, 1.82) is 0 Å². The number of rotatable bonds is 6. The maximum Gasteiger partial charge on any atom is 0.253 e. The molecule has 1 saturated carbocycles. The SMILES string of the molecule is O=C(Cn1ccc2ccccc21)NCCn1cnc(C2CC2)cc1=O. The fraction of sp³-hybridized carbons (Fsp3) is 0.316. The average molecular weight is 336 g/mol. The summed E-state index contributed by atoms with van der Waals surface area (Å²) < 4.78 is 3.46. The van der Waals surface area contributed by atoms with E-state index < -0.39 is 0 Å². The van der Waals surface area contributed by atoms with Crippen molar-refractivity contribution in [2.45, 2.75) is 31.8 Å². The van der Waals surface area contributed by atoms with Crippen LogP contribution in [-0.2, 0) is 17.9 Å². The van der Waals surface area contributed by atoms with Gasteiger partial charge in [0, 0.05) is 36.8 Å². The molecular weight excluding hydrogens is 316 g/mol. The van der Waals surface area contributed by atoms with Crippen LogP contribution in [-0.4, -0.2) is 26.6 Å². The first kappa shape index (κ1) is 15.6. The van der Waals surface area contributed by atoms with Gasteiger partial charge in [-0.3, -0.25) is 14.2 Å². The molecule has 2 aromatic heterocycles. The summed E-state index contributed by atoms with van der Waals surface area (Å²) in [5.74, 6) is 0.399. The summed E-state index contributed by atoms with van der Waals surface area (Å²) in [7, 11) is 0. The van der Waals surface area contributed by atoms with Crippen molar-refractivity contribution in [1.82, 2.24) is 19.4 Å². The first-order valence-electron chi connectivity index (χ1n) is 8.58. The van der Waals surface area contributed by atoms with Gasteiger partial charge in [0.1, 0.15) is 6.54 Å². The van der Waals surface area contributed by atoms with Crippen LogP contribution in [0.5, 0.6) is 0 Å². The highest BCUT2D eigenvalue weighted by Crippen LogP contribution is 2.38. The Kier molecular flexibility index (Phi) is 4.09. The molecule has 1 aliphatic carbocycles. The molecule has 25 heavy (non-hydrogen) atoms. The van der Waals surface area contributed by atoms with Crippen molar-refractivity contribution in [3.05, 3.63) is 65.0 Å². The van der Waals surface area contributed by atoms with Gasteiger partial charge in [0.05, 0.1) is 12.0 Å². The van der Waals surface area contributed by atoms with Crippen molar-refractivity contribution < 1.29 is 4.79 Å². The van der Waals surface area contributed by atoms with Gasteiger partial charge in [0.25, 0.3) is 5.56 Å². The fourth-order valence-corrected chi connectivity index (χ4v) is 3.02. The molecule has 0 saturated heterocycles. The monoisotopic (exact) mass is 336 g/mol. The summed E-state index contributed by atoms with van der Waals surface area (Å²) in [5.41, 5.74) is 1.88. The molecule has 1 aromatic carbocycles. The van der Waals surface area contributed by atoms with Crippen molar-refractivity contribution >= 4 is 16.8 Å². The van der Waals surface area contributed by atoms with E-state index in [0.29, 0.717) is 19.0 Å². The Labute approximate surface area is 145 Å². The van der Waals surface area contributed by atoms with Crippen LogP contribution in [0.1, 0.15) is 24.5 Å². The third-order valence-electron chi connectivity index (χ3n) is 4.57. The predicted octanol–water partition coefficient (Wildman–Crippen LogP) is 1.89. The Hall–Kier alpha value is -2.89. The van der Waals surface area contributed by atoms with Crippen LogP contribution in [0, 0.1) is 0 Å². The minimum Gasteiger partial charge on any atom is -0.353 e. The molecule has 128 valence electrons. The molecule has 6 nitrogen and oxygen atoms in total. The van der Waals surface area contributed by atoms with Crippen LogP contribution in [0.15, 0.2) is 53.7 Å². The van der Waals surface area contributed by atoms with Gasteiger partial charge < -0.3 is 9.88 Å². The molecule has 1 amide bonds. The number of nitrogens with zero attached hydrogens (tertiary/aromatic N) is 3. The number of carbonyl (C=O) groups is 1. The van der Waals surface area contributed by atoms with E-state index in [9.17, 15) is 9.59 Å². The summed E-state index contributed by atoms with van der Waals surface area (Å²) in [6, 6.07) is 11.6. The normalized spacial score (nSPS) is 13.9. The zero-order chi connectivity index (χ0) is 17.2. The number of fused-ring (bicyclic) bond motifs is 1. The number of amides is 1. The number of aromatic nitrogens is 3. The second-order valence-electron chi connectivity index (χ2n) is 6.47. The van der Waals surface area contributed by atoms with Gasteiger partial charge in [-0.1, -0.05) is 18.2 Å². The fourth-order valence-electron chi connectivity index (χ4n) is 3.02. The van der Waals surface area contributed by atoms with Gasteiger partial charge in [-0.15, -0.1) is 0 Å². The van der Waals surface area contributed by atoms with Crippen LogP contribution in [0.2, 0.25) is 0 Å². The number of carbonyl (C=O) groups excluding carboxylic acids is 1. The first-order chi connectivity index (χ1) is 12.2. The number of para-hydroxylation sites is 1. The van der Waals surface area contributed by atoms with Gasteiger partial charge in [-0.2, -0.15) is 0 Å². The molecule has 1 aliphatic rings. The number of hydrogen-bond acceptors (Lipinski definition) is 3. The lowest BCUT2D eigenvalue weighted by Crippen LogP contribution is -2.32. The smallest absolute Gasteiger partial charge is 0.253 e. The number of hydrogen-bond donors (Lipinski definition) is 1. The molecule has 1 N–H and O–H groups in total. The average Bonchev–Trinajstić information content (AvgIpc) is 3.39. The lowest BCUT2D eigenvalue weighted by Gasteiger charge is -2.09. The van der Waals surface area contributed by atoms with Gasteiger partial charge in [0.15, 0.2) is 0 Å². The molecule has 6 heteroatoms. The van der Waals surface area contributed by atoms with Crippen LogP contribution in [0.3, 0.4) is 0 Å². The predicted molar refractivity (Wildman–Crippen MR) is 95.4 cm³/mol. The lowest BCUT2D eigenvalue weighted by atomic mass is 10.2. The van der Waals surface area contributed by atoms with Crippen molar-refractivity contribution in [3.8, 4) is 0 Å². The molecule has 0 atom stereocenters. The summed E-state index contributed by atoms with van der Waals surface area (Å²) in [6.45, 7) is 1.10. The quantitative estimate of drug-likeness (QED) is 0.747. The molecule has 3 aromatic rings. The second-order valence-corrected chi connectivity index (χ2v) is 6.47. The Morgan fingerprint density at radius 1 is 1.20 bits per heavy atom. The molecule has 0 bridgehead atoms. The van der Waals surface area contributed by atoms with Gasteiger partial charge in [-0.25, -0.2) is 4.98 Å². The lowest BCUT2D eigenvalue weighted by molar-refractivity contribution is -0.121. The van der Waals surface area contributed by atoms with E-state index in [4.69, 9.17) is 0 Å². The minimum absolute atomic E-state index is 0.0532. The van der Waals surface area contributed by atoms with Gasteiger partial charge in [-0.05, 0) is 30.4 Å². The zero-order valence-electron chi connectivity index (χ0n) is 13.9. The maximum atomic E-state index is 12.1. The van der Waals surface area contributed by atoms with Crippen LogP contribution < -0.4 is 10.9 Å². The Bertz CT molecular complexity index is 969. The summed E-state index contributed by atoms with van der Waals surface area (Å²) in [5, 5.41) is 3.98. The summed E-state index contributed by atoms with van der Waals surface area (Å²) in [4.78, 5) is 28.5. The van der Waals surface area contributed by atoms with Crippen LogP contribution in [0.25, 0.3) is 10.9 Å². The van der Waals surface area contributed by atoms with Gasteiger partial charge in [0.2, 0.25) is 5.91 Å². The standard InChI is InChI=1S/C19H20N4O2/c24-18(12-22-9-7-15-3-1-2-4-17(15)22)20-8-10-23-13-21-16(11-19(23)25)14-5-6-14/h1-4,7,9,11,13-14H,5-6,8,10,12H2,(H,20,24). The third kappa shape index (κ3) is 3.47. The molecule has 0 unspecified atom stereocenters. The Morgan fingerprint density at radius 2 is 2.04 bits per heavy atom. The second kappa shape index (κ2) is 6.55. The van der Waals surface area contributed by atoms with Crippen molar-refractivity contribution in [3.63, 3.8) is 0 Å². The highest BCUT2D eigenvalue weighted by molar-refractivity contribution is 5.83. The molecule has 0 radical (unpaired) electrons. The molecule has 4 rings (SSSR count). The van der Waals surface area contributed by atoms with E-state index in [1.165, 1.54) is 4.57 Å². The summed E-state index contributed by atoms with van der Waals surface area (Å²) >= 11 is 0. The summed E-state index contributed by atoms with van der Waals surface area (Å²) in [6.07, 6.45) is 5.75. The highest BCUT2D eigenvalue weighted by Gasteiger charge is 2.25. The van der Waals surface area contributed by atoms with Gasteiger partial charge >= 0.3 is 0 Å². The highest BCUT2D eigenvalue weighted by atomic mass is 16.2. The first-order valence-corrected chi connectivity index (χ1v) is 8.58. The number of benzene rings is 1. The van der Waals surface area contributed by atoms with E-state index >= 15 is 0 Å². The number of nitrogens with one attached hydrogen (secondary N) is 1. The largest absolute Gasteiger partial charge is 0.353 e. The maximum absolute atomic E-state index is 12.1. The molecule has 1 fully saturated rings. The van der Waals surface area contributed by atoms with E-state index in [0.717, 1.165) is 29.4 Å². The molecule has 2 heterocycles. The third-order valence-corrected chi connectivity index (χ3v) is 4.57. The van der Waals surface area contributed by atoms with E-state index in [2.05, 4.69) is 10.3 Å². The topological polar surface area (TPSA) is 68.9 Å². The minimum atomic E-state index is -0.0723. The zero-order valence-corrected chi connectivity index (χ0v) is 13.9. The molecule has 0 spiro atoms. The van der Waals surface area contributed by atoms with Crippen LogP contribution >= 0.6 is 0 Å². The van der Waals surface area contributed by atoms with E-state index in [1.54, 1.807) is 12.4 Å². The van der Waals surface area contributed by atoms with Crippen molar-refractivity contribution in [2.24, 2.45) is 0 Å². The molecular formula is C19H20N4O2. The van der Waals surface area contributed by atoms with Crippen molar-refractivity contribution in [2.75, 3.05) is 6.54 Å². The van der Waals surface area contributed by atoms with Crippen LogP contribution in [0.4, 0.5) is 0 Å². The Morgan fingerprint density at radius 3 is 2.84 bits per heavy atom. The molecule has 0 aliphatic heterocycles. The van der Waals surface area contributed by atoms with E-state index in [1.807, 2.05) is 41.1 Å².